The third-order valence-electron chi connectivity index (χ3n) is 2.81. The molecule has 0 aliphatic rings. The predicted octanol–water partition coefficient (Wildman–Crippen LogP) is 2.38. The van der Waals surface area contributed by atoms with Crippen LogP contribution in [0.3, 0.4) is 0 Å². The second kappa shape index (κ2) is 5.73. The molecule has 0 rings (SSSR count). The fourth-order valence-corrected chi connectivity index (χ4v) is 1.60. The van der Waals surface area contributed by atoms with E-state index in [1.807, 2.05) is 13.8 Å². The topological polar surface area (TPSA) is 74.6 Å². The van der Waals surface area contributed by atoms with Gasteiger partial charge >= 0.3 is 11.9 Å². The number of carboxylic acid groups (broad SMARTS) is 2. The molecular formula is C11H20O4. The van der Waals surface area contributed by atoms with Crippen LogP contribution in [0.2, 0.25) is 0 Å². The number of hydrogen-bond acceptors (Lipinski definition) is 2. The van der Waals surface area contributed by atoms with Crippen molar-refractivity contribution in [3.63, 3.8) is 0 Å². The molecule has 15 heavy (non-hydrogen) atoms. The molecule has 0 bridgehead atoms. The van der Waals surface area contributed by atoms with Gasteiger partial charge < -0.3 is 10.2 Å². The van der Waals surface area contributed by atoms with Crippen LogP contribution in [0.4, 0.5) is 0 Å². The quantitative estimate of drug-likeness (QED) is 0.641. The van der Waals surface area contributed by atoms with Gasteiger partial charge in [0.1, 0.15) is 0 Å². The summed E-state index contributed by atoms with van der Waals surface area (Å²) in [4.78, 5) is 22.0. The van der Waals surface area contributed by atoms with E-state index in [0.29, 0.717) is 12.3 Å². The molecule has 0 atom stereocenters. The summed E-state index contributed by atoms with van der Waals surface area (Å²) in [6.45, 7) is 5.68. The van der Waals surface area contributed by atoms with Crippen LogP contribution in [0, 0.1) is 11.3 Å². The molecule has 88 valence electrons. The fraction of sp³-hybridized carbons (Fsp3) is 0.818. The van der Waals surface area contributed by atoms with Crippen LogP contribution in [-0.4, -0.2) is 22.2 Å². The first-order valence-electron chi connectivity index (χ1n) is 5.33. The summed E-state index contributed by atoms with van der Waals surface area (Å²) in [6, 6.07) is 0. The van der Waals surface area contributed by atoms with E-state index in [1.165, 1.54) is 0 Å². The van der Waals surface area contributed by atoms with Crippen molar-refractivity contribution in [3.05, 3.63) is 0 Å². The lowest BCUT2D eigenvalue weighted by atomic mass is 9.79. The van der Waals surface area contributed by atoms with Gasteiger partial charge in [-0.2, -0.15) is 0 Å². The molecule has 0 aromatic heterocycles. The lowest BCUT2D eigenvalue weighted by Gasteiger charge is -2.23. The highest BCUT2D eigenvalue weighted by Crippen LogP contribution is 2.30. The van der Waals surface area contributed by atoms with Gasteiger partial charge in [-0.3, -0.25) is 9.59 Å². The van der Waals surface area contributed by atoms with Gasteiger partial charge in [0.25, 0.3) is 0 Å². The summed E-state index contributed by atoms with van der Waals surface area (Å²) in [5, 5.41) is 18.0. The van der Waals surface area contributed by atoms with Gasteiger partial charge in [0.15, 0.2) is 5.41 Å². The Balaban J connectivity index is 4.50. The standard InChI is InChI=1S/C11H20O4/c1-4-11(9(12)13,10(14)15)7-5-6-8(2)3/h8H,4-7H2,1-3H3,(H,12,13)(H,14,15). The Bertz CT molecular complexity index is 219. The highest BCUT2D eigenvalue weighted by molar-refractivity contribution is 5.98. The lowest BCUT2D eigenvalue weighted by Crippen LogP contribution is -2.38. The highest BCUT2D eigenvalue weighted by atomic mass is 16.4. The number of carbonyl (C=O) groups is 2. The second-order valence-corrected chi connectivity index (χ2v) is 4.33. The maximum Gasteiger partial charge on any atom is 0.321 e. The Hall–Kier alpha value is -1.06. The summed E-state index contributed by atoms with van der Waals surface area (Å²) in [5.74, 6) is -1.97. The van der Waals surface area contributed by atoms with Gasteiger partial charge in [-0.15, -0.1) is 0 Å². The molecule has 0 aliphatic carbocycles. The summed E-state index contributed by atoms with van der Waals surface area (Å²) >= 11 is 0. The van der Waals surface area contributed by atoms with Crippen LogP contribution in [-0.2, 0) is 9.59 Å². The van der Waals surface area contributed by atoms with Gasteiger partial charge in [0.05, 0.1) is 0 Å². The molecule has 0 aromatic carbocycles. The van der Waals surface area contributed by atoms with Gasteiger partial charge in [-0.25, -0.2) is 0 Å². The second-order valence-electron chi connectivity index (χ2n) is 4.33. The normalized spacial score (nSPS) is 11.7. The monoisotopic (exact) mass is 216 g/mol. The van der Waals surface area contributed by atoms with E-state index >= 15 is 0 Å². The van der Waals surface area contributed by atoms with Crippen LogP contribution in [0.25, 0.3) is 0 Å². The lowest BCUT2D eigenvalue weighted by molar-refractivity contribution is -0.165. The molecule has 0 saturated heterocycles. The van der Waals surface area contributed by atoms with Crippen LogP contribution >= 0.6 is 0 Å². The molecule has 0 spiro atoms. The zero-order chi connectivity index (χ0) is 12.1. The van der Waals surface area contributed by atoms with E-state index in [9.17, 15) is 9.59 Å². The summed E-state index contributed by atoms with van der Waals surface area (Å²) < 4.78 is 0. The maximum absolute atomic E-state index is 11.0. The molecule has 4 nitrogen and oxygen atoms in total. The number of hydrogen-bond donors (Lipinski definition) is 2. The Labute approximate surface area is 90.3 Å². The van der Waals surface area contributed by atoms with Crippen LogP contribution in [0.5, 0.6) is 0 Å². The molecule has 0 aliphatic heterocycles. The van der Waals surface area contributed by atoms with Crippen LogP contribution in [0.15, 0.2) is 0 Å². The molecular weight excluding hydrogens is 196 g/mol. The van der Waals surface area contributed by atoms with E-state index < -0.39 is 17.4 Å². The molecule has 0 radical (unpaired) electrons. The molecule has 2 N–H and O–H groups in total. The van der Waals surface area contributed by atoms with Crippen molar-refractivity contribution in [2.75, 3.05) is 0 Å². The van der Waals surface area contributed by atoms with Crippen LogP contribution < -0.4 is 0 Å². The number of aliphatic carboxylic acids is 2. The predicted molar refractivity (Wildman–Crippen MR) is 56.7 cm³/mol. The van der Waals surface area contributed by atoms with E-state index in [-0.39, 0.29) is 12.8 Å². The third kappa shape index (κ3) is 3.53. The molecule has 0 saturated carbocycles. The van der Waals surface area contributed by atoms with Crippen molar-refractivity contribution < 1.29 is 19.8 Å². The maximum atomic E-state index is 11.0. The van der Waals surface area contributed by atoms with Crippen molar-refractivity contribution >= 4 is 11.9 Å². The summed E-state index contributed by atoms with van der Waals surface area (Å²) in [7, 11) is 0. The smallest absolute Gasteiger partial charge is 0.321 e. The Morgan fingerprint density at radius 3 is 1.93 bits per heavy atom. The molecule has 4 heteroatoms. The molecule has 0 unspecified atom stereocenters. The van der Waals surface area contributed by atoms with E-state index in [1.54, 1.807) is 6.92 Å². The zero-order valence-corrected chi connectivity index (χ0v) is 9.62. The largest absolute Gasteiger partial charge is 0.480 e. The van der Waals surface area contributed by atoms with Gasteiger partial charge in [-0.05, 0) is 18.8 Å². The Morgan fingerprint density at radius 1 is 1.20 bits per heavy atom. The van der Waals surface area contributed by atoms with Gasteiger partial charge in [0.2, 0.25) is 0 Å². The Kier molecular flexibility index (Phi) is 5.33. The van der Waals surface area contributed by atoms with Crippen molar-refractivity contribution in [2.24, 2.45) is 11.3 Å². The minimum atomic E-state index is -1.59. The SMILES string of the molecule is CCC(CCCC(C)C)(C(=O)O)C(=O)O. The third-order valence-corrected chi connectivity index (χ3v) is 2.81. The Morgan fingerprint density at radius 2 is 1.67 bits per heavy atom. The molecule has 0 amide bonds. The molecule has 0 heterocycles. The average Bonchev–Trinajstić information content (AvgIpc) is 2.10. The molecule has 0 fully saturated rings. The van der Waals surface area contributed by atoms with E-state index in [2.05, 4.69) is 0 Å². The first-order chi connectivity index (χ1) is 6.86. The summed E-state index contributed by atoms with van der Waals surface area (Å²) in [6.07, 6.45) is 1.86. The highest BCUT2D eigenvalue weighted by Gasteiger charge is 2.44. The van der Waals surface area contributed by atoms with Crippen LogP contribution in [0.1, 0.15) is 46.5 Å². The van der Waals surface area contributed by atoms with Crippen molar-refractivity contribution in [1.82, 2.24) is 0 Å². The van der Waals surface area contributed by atoms with E-state index in [4.69, 9.17) is 10.2 Å². The van der Waals surface area contributed by atoms with Crippen molar-refractivity contribution in [3.8, 4) is 0 Å². The van der Waals surface area contributed by atoms with Crippen molar-refractivity contribution in [1.29, 1.82) is 0 Å². The first kappa shape index (κ1) is 13.9. The average molecular weight is 216 g/mol. The van der Waals surface area contributed by atoms with E-state index in [0.717, 1.165) is 6.42 Å². The summed E-state index contributed by atoms with van der Waals surface area (Å²) in [5.41, 5.74) is -1.59. The number of rotatable bonds is 7. The number of carboxylic acids is 2. The van der Waals surface area contributed by atoms with Gasteiger partial charge in [0, 0.05) is 0 Å². The van der Waals surface area contributed by atoms with Gasteiger partial charge in [-0.1, -0.05) is 33.6 Å². The minimum Gasteiger partial charge on any atom is -0.480 e. The minimum absolute atomic E-state index is 0.135. The molecule has 0 aromatic rings. The van der Waals surface area contributed by atoms with Crippen molar-refractivity contribution in [2.45, 2.75) is 46.5 Å². The zero-order valence-electron chi connectivity index (χ0n) is 9.62. The first-order valence-corrected chi connectivity index (χ1v) is 5.33. The fourth-order valence-electron chi connectivity index (χ4n) is 1.60.